The van der Waals surface area contributed by atoms with Crippen LogP contribution in [0.25, 0.3) is 0 Å². The second-order valence-corrected chi connectivity index (χ2v) is 6.04. The standard InChI is InChI=1S/C12H14O2S2/c1-9-3-5-13-11(9)7-15-16-8-12-10(2)4-6-14-12/h3-6H,7-8H2,1-2H3. The second-order valence-electron chi connectivity index (χ2n) is 3.58. The average molecular weight is 254 g/mol. The van der Waals surface area contributed by atoms with E-state index in [-0.39, 0.29) is 0 Å². The molecule has 0 saturated carbocycles. The van der Waals surface area contributed by atoms with Gasteiger partial charge >= 0.3 is 0 Å². The first-order valence-electron chi connectivity index (χ1n) is 5.07. The molecule has 0 radical (unpaired) electrons. The predicted octanol–water partition coefficient (Wildman–Crippen LogP) is 4.57. The van der Waals surface area contributed by atoms with Gasteiger partial charge in [-0.2, -0.15) is 0 Å². The maximum Gasteiger partial charge on any atom is 0.117 e. The monoisotopic (exact) mass is 254 g/mol. The van der Waals surface area contributed by atoms with Crippen LogP contribution in [0.2, 0.25) is 0 Å². The minimum absolute atomic E-state index is 0.906. The lowest BCUT2D eigenvalue weighted by atomic mass is 10.3. The Bertz CT molecular complexity index is 403. The first-order valence-corrected chi connectivity index (χ1v) is 7.56. The van der Waals surface area contributed by atoms with Gasteiger partial charge in [0, 0.05) is 0 Å². The molecule has 0 atom stereocenters. The Balaban J connectivity index is 1.74. The predicted molar refractivity (Wildman–Crippen MR) is 69.5 cm³/mol. The average Bonchev–Trinajstić information content (AvgIpc) is 2.84. The molecule has 0 amide bonds. The minimum Gasteiger partial charge on any atom is -0.468 e. The van der Waals surface area contributed by atoms with Gasteiger partial charge in [0.2, 0.25) is 0 Å². The lowest BCUT2D eigenvalue weighted by Gasteiger charge is -1.99. The van der Waals surface area contributed by atoms with Crippen LogP contribution < -0.4 is 0 Å². The molecule has 0 aliphatic carbocycles. The van der Waals surface area contributed by atoms with Crippen LogP contribution >= 0.6 is 21.6 Å². The van der Waals surface area contributed by atoms with Gasteiger partial charge in [-0.15, -0.1) is 0 Å². The Kier molecular flexibility index (Phi) is 4.07. The summed E-state index contributed by atoms with van der Waals surface area (Å²) in [7, 11) is 3.59. The number of hydrogen-bond acceptors (Lipinski definition) is 4. The van der Waals surface area contributed by atoms with Crippen molar-refractivity contribution in [3.8, 4) is 0 Å². The van der Waals surface area contributed by atoms with Crippen molar-refractivity contribution in [3.05, 3.63) is 47.3 Å². The number of rotatable bonds is 5. The van der Waals surface area contributed by atoms with Crippen molar-refractivity contribution in [2.45, 2.75) is 25.4 Å². The SMILES string of the molecule is Cc1ccoc1CSSCc1occc1C. The highest BCUT2D eigenvalue weighted by molar-refractivity contribution is 8.76. The van der Waals surface area contributed by atoms with E-state index in [9.17, 15) is 0 Å². The van der Waals surface area contributed by atoms with Crippen molar-refractivity contribution in [3.63, 3.8) is 0 Å². The lowest BCUT2D eigenvalue weighted by Crippen LogP contribution is -1.79. The summed E-state index contributed by atoms with van der Waals surface area (Å²) < 4.78 is 10.7. The van der Waals surface area contributed by atoms with Crippen LogP contribution in [-0.4, -0.2) is 0 Å². The van der Waals surface area contributed by atoms with E-state index in [1.54, 1.807) is 34.1 Å². The van der Waals surface area contributed by atoms with E-state index in [1.807, 2.05) is 12.1 Å². The van der Waals surface area contributed by atoms with Gasteiger partial charge in [-0.1, -0.05) is 21.6 Å². The van der Waals surface area contributed by atoms with Gasteiger partial charge in [0.05, 0.1) is 24.0 Å². The third kappa shape index (κ3) is 2.89. The molecule has 2 heterocycles. The molecule has 0 fully saturated rings. The van der Waals surface area contributed by atoms with Gasteiger partial charge < -0.3 is 8.83 Å². The summed E-state index contributed by atoms with van der Waals surface area (Å²) in [5.41, 5.74) is 2.45. The van der Waals surface area contributed by atoms with E-state index >= 15 is 0 Å². The van der Waals surface area contributed by atoms with Crippen LogP contribution in [0.3, 0.4) is 0 Å². The zero-order valence-corrected chi connectivity index (χ0v) is 11.0. The highest BCUT2D eigenvalue weighted by atomic mass is 33.1. The van der Waals surface area contributed by atoms with Gasteiger partial charge in [-0.3, -0.25) is 0 Å². The van der Waals surface area contributed by atoms with Gasteiger partial charge in [0.25, 0.3) is 0 Å². The summed E-state index contributed by atoms with van der Waals surface area (Å²) in [6.07, 6.45) is 3.49. The summed E-state index contributed by atoms with van der Waals surface area (Å²) in [6, 6.07) is 3.99. The quantitative estimate of drug-likeness (QED) is 0.576. The van der Waals surface area contributed by atoms with Crippen LogP contribution in [0, 0.1) is 13.8 Å². The highest BCUT2D eigenvalue weighted by Crippen LogP contribution is 2.31. The summed E-state index contributed by atoms with van der Waals surface area (Å²) in [6.45, 7) is 4.14. The van der Waals surface area contributed by atoms with Crippen molar-refractivity contribution in [1.82, 2.24) is 0 Å². The van der Waals surface area contributed by atoms with E-state index in [2.05, 4.69) is 13.8 Å². The molecular formula is C12H14O2S2. The zero-order chi connectivity index (χ0) is 11.4. The molecule has 0 unspecified atom stereocenters. The largest absolute Gasteiger partial charge is 0.468 e. The van der Waals surface area contributed by atoms with Crippen LogP contribution in [0.5, 0.6) is 0 Å². The molecule has 2 rings (SSSR count). The van der Waals surface area contributed by atoms with Gasteiger partial charge in [0.1, 0.15) is 11.5 Å². The molecule has 16 heavy (non-hydrogen) atoms. The Labute approximate surface area is 103 Å². The highest BCUT2D eigenvalue weighted by Gasteiger charge is 2.04. The molecule has 0 spiro atoms. The van der Waals surface area contributed by atoms with Crippen molar-refractivity contribution < 1.29 is 8.83 Å². The van der Waals surface area contributed by atoms with Crippen LogP contribution in [0.1, 0.15) is 22.6 Å². The summed E-state index contributed by atoms with van der Waals surface area (Å²) in [5.74, 6) is 3.94. The molecule has 4 heteroatoms. The minimum atomic E-state index is 0.906. The second kappa shape index (κ2) is 5.55. The maximum atomic E-state index is 5.37. The van der Waals surface area contributed by atoms with Crippen LogP contribution in [0.15, 0.2) is 33.5 Å². The summed E-state index contributed by atoms with van der Waals surface area (Å²) in [4.78, 5) is 0. The fourth-order valence-corrected chi connectivity index (χ4v) is 3.41. The van der Waals surface area contributed by atoms with Crippen molar-refractivity contribution in [2.75, 3.05) is 0 Å². The topological polar surface area (TPSA) is 26.3 Å². The first kappa shape index (κ1) is 11.7. The fourth-order valence-electron chi connectivity index (χ4n) is 1.29. The molecule has 2 nitrogen and oxygen atoms in total. The van der Waals surface area contributed by atoms with Crippen molar-refractivity contribution in [1.29, 1.82) is 0 Å². The third-order valence-corrected chi connectivity index (χ3v) is 4.53. The van der Waals surface area contributed by atoms with Gasteiger partial charge in [-0.05, 0) is 37.1 Å². The first-order chi connectivity index (χ1) is 7.77. The molecule has 2 aromatic rings. The molecular weight excluding hydrogens is 240 g/mol. The number of hydrogen-bond donors (Lipinski definition) is 0. The Morgan fingerprint density at radius 3 is 1.62 bits per heavy atom. The molecule has 2 aromatic heterocycles. The summed E-state index contributed by atoms with van der Waals surface area (Å²) >= 11 is 0. The number of aryl methyl sites for hydroxylation is 2. The van der Waals surface area contributed by atoms with Gasteiger partial charge in [-0.25, -0.2) is 0 Å². The van der Waals surface area contributed by atoms with E-state index < -0.39 is 0 Å². The molecule has 0 aliphatic rings. The van der Waals surface area contributed by atoms with E-state index in [0.717, 1.165) is 23.0 Å². The summed E-state index contributed by atoms with van der Waals surface area (Å²) in [5, 5.41) is 0. The lowest BCUT2D eigenvalue weighted by molar-refractivity contribution is 0.527. The molecule has 86 valence electrons. The maximum absolute atomic E-state index is 5.37. The molecule has 0 bridgehead atoms. The Morgan fingerprint density at radius 1 is 0.875 bits per heavy atom. The van der Waals surface area contributed by atoms with E-state index in [0.29, 0.717) is 0 Å². The Morgan fingerprint density at radius 2 is 1.31 bits per heavy atom. The normalized spacial score (nSPS) is 10.9. The fraction of sp³-hybridized carbons (Fsp3) is 0.333. The van der Waals surface area contributed by atoms with Crippen molar-refractivity contribution >= 4 is 21.6 Å². The third-order valence-electron chi connectivity index (χ3n) is 2.40. The Hall–Kier alpha value is -0.740. The molecule has 0 aliphatic heterocycles. The zero-order valence-electron chi connectivity index (χ0n) is 9.36. The smallest absolute Gasteiger partial charge is 0.117 e. The van der Waals surface area contributed by atoms with E-state index in [1.165, 1.54) is 11.1 Å². The van der Waals surface area contributed by atoms with Crippen molar-refractivity contribution in [2.24, 2.45) is 0 Å². The van der Waals surface area contributed by atoms with Crippen LogP contribution in [0.4, 0.5) is 0 Å². The molecule has 0 N–H and O–H groups in total. The molecule has 0 saturated heterocycles. The van der Waals surface area contributed by atoms with Gasteiger partial charge in [0.15, 0.2) is 0 Å². The van der Waals surface area contributed by atoms with E-state index in [4.69, 9.17) is 8.83 Å². The van der Waals surface area contributed by atoms with Crippen LogP contribution in [-0.2, 0) is 11.5 Å². The molecule has 0 aromatic carbocycles. The number of furan rings is 2.